The van der Waals surface area contributed by atoms with Crippen molar-refractivity contribution in [2.45, 2.75) is 13.8 Å². The number of aryl methyl sites for hydroxylation is 2. The summed E-state index contributed by atoms with van der Waals surface area (Å²) < 4.78 is 2.15. The predicted octanol–water partition coefficient (Wildman–Crippen LogP) is 3.07. The van der Waals surface area contributed by atoms with E-state index in [1.807, 2.05) is 12.1 Å². The average Bonchev–Trinajstić information content (AvgIpc) is 2.82. The number of hydrogen-bond donors (Lipinski definition) is 0. The van der Waals surface area contributed by atoms with Gasteiger partial charge in [0, 0.05) is 34.7 Å². The smallest absolute Gasteiger partial charge is 0.194 e. The molecule has 0 aliphatic rings. The van der Waals surface area contributed by atoms with Crippen LogP contribution in [0, 0.1) is 13.8 Å². The van der Waals surface area contributed by atoms with Crippen LogP contribution in [0.4, 0.5) is 0 Å². The van der Waals surface area contributed by atoms with E-state index in [9.17, 15) is 0 Å². The molecule has 0 aromatic carbocycles. The minimum atomic E-state index is 1.01. The average molecular weight is 229 g/mol. The van der Waals surface area contributed by atoms with Crippen molar-refractivity contribution in [1.82, 2.24) is 14.4 Å². The summed E-state index contributed by atoms with van der Waals surface area (Å²) in [6.07, 6.45) is 5.67. The Hall–Kier alpha value is -1.68. The van der Waals surface area contributed by atoms with Crippen molar-refractivity contribution >= 4 is 16.3 Å². The van der Waals surface area contributed by atoms with Crippen molar-refractivity contribution in [1.29, 1.82) is 0 Å². The van der Waals surface area contributed by atoms with E-state index in [2.05, 4.69) is 34.4 Å². The van der Waals surface area contributed by atoms with E-state index in [0.29, 0.717) is 0 Å². The summed E-state index contributed by atoms with van der Waals surface area (Å²) in [5.74, 6) is 0. The third-order valence-electron chi connectivity index (χ3n) is 2.76. The van der Waals surface area contributed by atoms with Gasteiger partial charge in [-0.05, 0) is 26.0 Å². The standard InChI is InChI=1S/C12H11N3S/c1-8-9(2)16-12-14-11(7-15(8)12)10-3-5-13-6-4-10/h3-7H,1-2H3. The fraction of sp³-hybridized carbons (Fsp3) is 0.167. The van der Waals surface area contributed by atoms with Gasteiger partial charge < -0.3 is 0 Å². The summed E-state index contributed by atoms with van der Waals surface area (Å²) >= 11 is 1.73. The zero-order valence-electron chi connectivity index (χ0n) is 9.14. The van der Waals surface area contributed by atoms with Crippen LogP contribution in [-0.4, -0.2) is 14.4 Å². The first-order valence-corrected chi connectivity index (χ1v) is 5.93. The molecule has 0 bridgehead atoms. The maximum atomic E-state index is 4.62. The van der Waals surface area contributed by atoms with Crippen molar-refractivity contribution in [3.8, 4) is 11.3 Å². The lowest BCUT2D eigenvalue weighted by molar-refractivity contribution is 1.11. The van der Waals surface area contributed by atoms with Gasteiger partial charge in [-0.1, -0.05) is 0 Å². The van der Waals surface area contributed by atoms with Crippen molar-refractivity contribution in [3.63, 3.8) is 0 Å². The molecule has 0 unspecified atom stereocenters. The summed E-state index contributed by atoms with van der Waals surface area (Å²) in [6.45, 7) is 4.25. The molecule has 3 heterocycles. The van der Waals surface area contributed by atoms with Gasteiger partial charge in [-0.15, -0.1) is 11.3 Å². The first kappa shape index (κ1) is 9.54. The van der Waals surface area contributed by atoms with Crippen LogP contribution in [0.15, 0.2) is 30.7 Å². The van der Waals surface area contributed by atoms with E-state index in [0.717, 1.165) is 16.2 Å². The molecule has 0 amide bonds. The van der Waals surface area contributed by atoms with E-state index in [1.165, 1.54) is 10.6 Å². The Balaban J connectivity index is 2.20. The maximum Gasteiger partial charge on any atom is 0.194 e. The highest BCUT2D eigenvalue weighted by Gasteiger charge is 2.09. The van der Waals surface area contributed by atoms with Gasteiger partial charge in [0.1, 0.15) is 0 Å². The molecular weight excluding hydrogens is 218 g/mol. The SMILES string of the molecule is Cc1sc2nc(-c3ccncc3)cn2c1C. The highest BCUT2D eigenvalue weighted by Crippen LogP contribution is 2.25. The number of fused-ring (bicyclic) bond motifs is 1. The molecule has 3 nitrogen and oxygen atoms in total. The van der Waals surface area contributed by atoms with Crippen LogP contribution in [-0.2, 0) is 0 Å². The van der Waals surface area contributed by atoms with Crippen molar-refractivity contribution in [3.05, 3.63) is 41.3 Å². The fourth-order valence-corrected chi connectivity index (χ4v) is 2.67. The first-order valence-electron chi connectivity index (χ1n) is 5.11. The molecule has 4 heteroatoms. The topological polar surface area (TPSA) is 30.2 Å². The van der Waals surface area contributed by atoms with Gasteiger partial charge in [0.25, 0.3) is 0 Å². The number of rotatable bonds is 1. The van der Waals surface area contributed by atoms with Gasteiger partial charge in [0.15, 0.2) is 4.96 Å². The number of aromatic nitrogens is 3. The third-order valence-corrected chi connectivity index (χ3v) is 3.84. The van der Waals surface area contributed by atoms with Crippen LogP contribution in [0.3, 0.4) is 0 Å². The molecule has 3 rings (SSSR count). The number of imidazole rings is 1. The molecule has 0 fully saturated rings. The Morgan fingerprint density at radius 1 is 1.19 bits per heavy atom. The van der Waals surface area contributed by atoms with Crippen LogP contribution in [0.2, 0.25) is 0 Å². The zero-order chi connectivity index (χ0) is 11.1. The van der Waals surface area contributed by atoms with E-state index >= 15 is 0 Å². The van der Waals surface area contributed by atoms with Gasteiger partial charge in [0.05, 0.1) is 5.69 Å². The minimum absolute atomic E-state index is 1.01. The second kappa shape index (κ2) is 3.42. The van der Waals surface area contributed by atoms with Crippen molar-refractivity contribution < 1.29 is 0 Å². The molecule has 80 valence electrons. The second-order valence-electron chi connectivity index (χ2n) is 3.76. The summed E-state index contributed by atoms with van der Waals surface area (Å²) in [7, 11) is 0. The largest absolute Gasteiger partial charge is 0.294 e. The molecular formula is C12H11N3S. The summed E-state index contributed by atoms with van der Waals surface area (Å²) in [5, 5.41) is 0. The van der Waals surface area contributed by atoms with Crippen LogP contribution in [0.25, 0.3) is 16.2 Å². The van der Waals surface area contributed by atoms with Crippen molar-refractivity contribution in [2.75, 3.05) is 0 Å². The first-order chi connectivity index (χ1) is 7.75. The lowest BCUT2D eigenvalue weighted by atomic mass is 10.2. The maximum absolute atomic E-state index is 4.62. The molecule has 0 spiro atoms. The molecule has 0 saturated heterocycles. The Labute approximate surface area is 97.4 Å². The van der Waals surface area contributed by atoms with Crippen LogP contribution in [0.5, 0.6) is 0 Å². The quantitative estimate of drug-likeness (QED) is 0.642. The van der Waals surface area contributed by atoms with Crippen LogP contribution >= 0.6 is 11.3 Å². The monoisotopic (exact) mass is 229 g/mol. The molecule has 3 aromatic rings. The molecule has 0 radical (unpaired) electrons. The van der Waals surface area contributed by atoms with Gasteiger partial charge in [-0.3, -0.25) is 9.38 Å². The molecule has 0 atom stereocenters. The molecule has 0 aliphatic carbocycles. The Kier molecular flexibility index (Phi) is 2.04. The van der Waals surface area contributed by atoms with Gasteiger partial charge in [-0.2, -0.15) is 0 Å². The lowest BCUT2D eigenvalue weighted by Gasteiger charge is -1.93. The predicted molar refractivity (Wildman–Crippen MR) is 65.8 cm³/mol. The van der Waals surface area contributed by atoms with Gasteiger partial charge in [0.2, 0.25) is 0 Å². The Morgan fingerprint density at radius 2 is 1.94 bits per heavy atom. The molecule has 3 aromatic heterocycles. The highest BCUT2D eigenvalue weighted by atomic mass is 32.1. The summed E-state index contributed by atoms with van der Waals surface area (Å²) in [4.78, 5) is 11.0. The summed E-state index contributed by atoms with van der Waals surface area (Å²) in [5.41, 5.74) is 3.40. The van der Waals surface area contributed by atoms with Gasteiger partial charge >= 0.3 is 0 Å². The Morgan fingerprint density at radius 3 is 2.62 bits per heavy atom. The number of nitrogens with zero attached hydrogens (tertiary/aromatic N) is 3. The normalized spacial score (nSPS) is 11.1. The minimum Gasteiger partial charge on any atom is -0.294 e. The summed E-state index contributed by atoms with van der Waals surface area (Å²) in [6, 6.07) is 3.96. The third kappa shape index (κ3) is 1.34. The highest BCUT2D eigenvalue weighted by molar-refractivity contribution is 7.17. The molecule has 16 heavy (non-hydrogen) atoms. The van der Waals surface area contributed by atoms with E-state index < -0.39 is 0 Å². The van der Waals surface area contributed by atoms with E-state index in [-0.39, 0.29) is 0 Å². The van der Waals surface area contributed by atoms with E-state index in [1.54, 1.807) is 23.7 Å². The van der Waals surface area contributed by atoms with Gasteiger partial charge in [-0.25, -0.2) is 4.98 Å². The van der Waals surface area contributed by atoms with Crippen LogP contribution in [0.1, 0.15) is 10.6 Å². The fourth-order valence-electron chi connectivity index (χ4n) is 1.72. The number of pyridine rings is 1. The lowest BCUT2D eigenvalue weighted by Crippen LogP contribution is -1.81. The molecule has 0 aliphatic heterocycles. The molecule has 0 saturated carbocycles. The van der Waals surface area contributed by atoms with Crippen molar-refractivity contribution in [2.24, 2.45) is 0 Å². The second-order valence-corrected chi connectivity index (χ2v) is 4.94. The van der Waals surface area contributed by atoms with E-state index in [4.69, 9.17) is 0 Å². The zero-order valence-corrected chi connectivity index (χ0v) is 9.95. The Bertz CT molecular complexity index is 637. The number of thiazole rings is 1. The molecule has 0 N–H and O–H groups in total. The van der Waals surface area contributed by atoms with Crippen LogP contribution < -0.4 is 0 Å². The number of hydrogen-bond acceptors (Lipinski definition) is 3.